The lowest BCUT2D eigenvalue weighted by molar-refractivity contribution is 0.631. The van der Waals surface area contributed by atoms with Crippen LogP contribution in [0, 0.1) is 5.41 Å². The summed E-state index contributed by atoms with van der Waals surface area (Å²) in [5, 5.41) is 5.95. The predicted octanol–water partition coefficient (Wildman–Crippen LogP) is 3.68. The van der Waals surface area contributed by atoms with Gasteiger partial charge in [-0.05, 0) is 29.4 Å². The van der Waals surface area contributed by atoms with Crippen molar-refractivity contribution in [3.8, 4) is 0 Å². The number of nitrogens with two attached hydrogens (primary N) is 1. The molecule has 0 aromatic heterocycles. The first kappa shape index (κ1) is 12.4. The Bertz CT molecular complexity index is 661. The molecule has 19 heavy (non-hydrogen) atoms. The first-order valence-corrected chi connectivity index (χ1v) is 6.98. The number of anilines is 1. The summed E-state index contributed by atoms with van der Waals surface area (Å²) in [7, 11) is 0. The van der Waals surface area contributed by atoms with Crippen molar-refractivity contribution in [1.82, 2.24) is 0 Å². The zero-order valence-corrected chi connectivity index (χ0v) is 12.1. The highest BCUT2D eigenvalue weighted by Crippen LogP contribution is 2.47. The second kappa shape index (κ2) is 4.20. The molecule has 1 unspecified atom stereocenters. The van der Waals surface area contributed by atoms with Crippen molar-refractivity contribution in [2.75, 3.05) is 5.32 Å². The van der Waals surface area contributed by atoms with Gasteiger partial charge in [0.25, 0.3) is 0 Å². The third kappa shape index (κ3) is 2.19. The normalized spacial score (nSPS) is 20.2. The maximum Gasteiger partial charge on any atom is 0.104 e. The smallest absolute Gasteiger partial charge is 0.104 e. The highest BCUT2D eigenvalue weighted by atomic mass is 32.1. The van der Waals surface area contributed by atoms with E-state index >= 15 is 0 Å². The zero-order chi connectivity index (χ0) is 13.6. The summed E-state index contributed by atoms with van der Waals surface area (Å²) in [6.07, 6.45) is 1.22. The molecule has 0 radical (unpaired) electrons. The van der Waals surface area contributed by atoms with Crippen molar-refractivity contribution in [2.45, 2.75) is 26.3 Å². The number of thiocarbonyl (C=S) groups is 1. The quantitative estimate of drug-likeness (QED) is 0.835. The summed E-state index contributed by atoms with van der Waals surface area (Å²) in [4.78, 5) is 0.453. The molecule has 1 aliphatic carbocycles. The van der Waals surface area contributed by atoms with Crippen LogP contribution in [0.3, 0.4) is 0 Å². The minimum atomic E-state index is 0.406. The van der Waals surface area contributed by atoms with E-state index < -0.39 is 0 Å². The Balaban J connectivity index is 2.07. The average molecular weight is 270 g/mol. The van der Waals surface area contributed by atoms with Crippen LogP contribution in [0.2, 0.25) is 0 Å². The van der Waals surface area contributed by atoms with Crippen LogP contribution in [-0.2, 0) is 0 Å². The molecule has 0 bridgehead atoms. The molecule has 0 spiro atoms. The Labute approximate surface area is 119 Å². The number of nitrogens with one attached hydrogen (secondary N) is 1. The van der Waals surface area contributed by atoms with Crippen LogP contribution in [0.25, 0.3) is 10.8 Å². The molecule has 0 aliphatic heterocycles. The number of rotatable bonds is 3. The van der Waals surface area contributed by atoms with Crippen molar-refractivity contribution in [1.29, 1.82) is 0 Å². The third-order valence-corrected chi connectivity index (χ3v) is 4.25. The molecule has 0 saturated heterocycles. The lowest BCUT2D eigenvalue weighted by Crippen LogP contribution is -2.12. The Morgan fingerprint density at radius 2 is 1.84 bits per heavy atom. The van der Waals surface area contributed by atoms with E-state index in [1.165, 1.54) is 17.5 Å². The van der Waals surface area contributed by atoms with Gasteiger partial charge in [-0.1, -0.05) is 50.3 Å². The van der Waals surface area contributed by atoms with E-state index in [-0.39, 0.29) is 0 Å². The van der Waals surface area contributed by atoms with Gasteiger partial charge < -0.3 is 11.1 Å². The molecule has 1 atom stereocenters. The zero-order valence-electron chi connectivity index (χ0n) is 11.2. The van der Waals surface area contributed by atoms with Crippen LogP contribution in [0.5, 0.6) is 0 Å². The fourth-order valence-electron chi connectivity index (χ4n) is 2.54. The molecule has 1 aliphatic rings. The second-order valence-electron chi connectivity index (χ2n) is 5.96. The summed E-state index contributed by atoms with van der Waals surface area (Å²) in [5.74, 6) is 0. The fraction of sp³-hybridized carbons (Fsp3) is 0.312. The van der Waals surface area contributed by atoms with Crippen LogP contribution < -0.4 is 11.1 Å². The molecule has 3 N–H and O–H groups in total. The van der Waals surface area contributed by atoms with Crippen molar-refractivity contribution in [2.24, 2.45) is 11.1 Å². The lowest BCUT2D eigenvalue weighted by Gasteiger charge is -2.13. The maximum atomic E-state index is 5.80. The van der Waals surface area contributed by atoms with E-state index in [0.29, 0.717) is 16.4 Å². The Hall–Kier alpha value is -1.61. The van der Waals surface area contributed by atoms with Gasteiger partial charge in [0, 0.05) is 22.7 Å². The van der Waals surface area contributed by atoms with Crippen LogP contribution >= 0.6 is 12.2 Å². The molecule has 3 heteroatoms. The number of fused-ring (bicyclic) bond motifs is 1. The first-order valence-electron chi connectivity index (χ1n) is 6.57. The van der Waals surface area contributed by atoms with Gasteiger partial charge in [-0.15, -0.1) is 0 Å². The fourth-order valence-corrected chi connectivity index (χ4v) is 2.72. The van der Waals surface area contributed by atoms with Crippen molar-refractivity contribution in [3.05, 3.63) is 42.0 Å². The third-order valence-electron chi connectivity index (χ3n) is 4.03. The van der Waals surface area contributed by atoms with Crippen LogP contribution in [0.15, 0.2) is 36.4 Å². The molecule has 0 heterocycles. The lowest BCUT2D eigenvalue weighted by atomic mass is 10.0. The van der Waals surface area contributed by atoms with Gasteiger partial charge in [-0.25, -0.2) is 0 Å². The molecule has 1 saturated carbocycles. The number of benzene rings is 2. The summed E-state index contributed by atoms with van der Waals surface area (Å²) in [6.45, 7) is 4.58. The number of hydrogen-bond donors (Lipinski definition) is 2. The molecular weight excluding hydrogens is 252 g/mol. The predicted molar refractivity (Wildman–Crippen MR) is 85.6 cm³/mol. The van der Waals surface area contributed by atoms with E-state index in [1.54, 1.807) is 0 Å². The molecule has 2 aromatic carbocycles. The average Bonchev–Trinajstić information content (AvgIpc) is 2.96. The van der Waals surface area contributed by atoms with Gasteiger partial charge >= 0.3 is 0 Å². The molecule has 0 amide bonds. The molecule has 2 nitrogen and oxygen atoms in total. The van der Waals surface area contributed by atoms with Crippen molar-refractivity contribution in [3.63, 3.8) is 0 Å². The molecule has 1 fully saturated rings. The first-order chi connectivity index (χ1) is 8.99. The summed E-state index contributed by atoms with van der Waals surface area (Å²) in [6, 6.07) is 12.9. The van der Waals surface area contributed by atoms with Gasteiger partial charge in [-0.2, -0.15) is 0 Å². The van der Waals surface area contributed by atoms with Gasteiger partial charge in [0.2, 0.25) is 0 Å². The topological polar surface area (TPSA) is 38.0 Å². The summed E-state index contributed by atoms with van der Waals surface area (Å²) >= 11 is 5.13. The number of hydrogen-bond acceptors (Lipinski definition) is 2. The highest BCUT2D eigenvalue weighted by Gasteiger charge is 2.45. The van der Waals surface area contributed by atoms with Crippen LogP contribution in [-0.4, -0.2) is 11.0 Å². The SMILES string of the molecule is CC1(C)CC1Nc1ccc(C(N)=S)c2ccccc12. The Morgan fingerprint density at radius 1 is 1.21 bits per heavy atom. The van der Waals surface area contributed by atoms with Crippen LogP contribution in [0.1, 0.15) is 25.8 Å². The summed E-state index contributed by atoms with van der Waals surface area (Å²) in [5.41, 5.74) is 8.33. The van der Waals surface area contributed by atoms with Gasteiger partial charge in [0.05, 0.1) is 0 Å². The largest absolute Gasteiger partial charge is 0.389 e. The minimum Gasteiger partial charge on any atom is -0.389 e. The highest BCUT2D eigenvalue weighted by molar-refractivity contribution is 7.80. The van der Waals surface area contributed by atoms with E-state index in [2.05, 4.69) is 43.4 Å². The van der Waals surface area contributed by atoms with Gasteiger partial charge in [-0.3, -0.25) is 0 Å². The van der Waals surface area contributed by atoms with Crippen molar-refractivity contribution >= 4 is 33.7 Å². The van der Waals surface area contributed by atoms with E-state index in [9.17, 15) is 0 Å². The minimum absolute atomic E-state index is 0.406. The molecule has 2 aromatic rings. The monoisotopic (exact) mass is 270 g/mol. The van der Waals surface area contributed by atoms with E-state index in [1.807, 2.05) is 12.1 Å². The second-order valence-corrected chi connectivity index (χ2v) is 6.40. The summed E-state index contributed by atoms with van der Waals surface area (Å²) < 4.78 is 0. The Kier molecular flexibility index (Phi) is 2.75. The Morgan fingerprint density at radius 3 is 2.42 bits per heavy atom. The van der Waals surface area contributed by atoms with Gasteiger partial charge in [0.15, 0.2) is 0 Å². The van der Waals surface area contributed by atoms with Crippen molar-refractivity contribution < 1.29 is 0 Å². The van der Waals surface area contributed by atoms with Crippen LogP contribution in [0.4, 0.5) is 5.69 Å². The standard InChI is InChI=1S/C16H18N2S/c1-16(2)9-14(16)18-13-8-7-12(15(17)19)10-5-3-4-6-11(10)13/h3-8,14,18H,9H2,1-2H3,(H2,17,19). The van der Waals surface area contributed by atoms with E-state index in [0.717, 1.165) is 10.9 Å². The molecular formula is C16H18N2S. The molecule has 98 valence electrons. The molecule has 3 rings (SSSR count). The van der Waals surface area contributed by atoms with E-state index in [4.69, 9.17) is 18.0 Å². The maximum absolute atomic E-state index is 5.80. The van der Waals surface area contributed by atoms with Gasteiger partial charge in [0.1, 0.15) is 4.99 Å².